The minimum Gasteiger partial charge on any atom is -0.497 e. The Morgan fingerprint density at radius 3 is 2.83 bits per heavy atom. The zero-order chi connectivity index (χ0) is 17.5. The van der Waals surface area contributed by atoms with E-state index >= 15 is 0 Å². The van der Waals surface area contributed by atoms with Gasteiger partial charge in [-0.1, -0.05) is 19.9 Å². The highest BCUT2D eigenvalue weighted by Crippen LogP contribution is 2.23. The van der Waals surface area contributed by atoms with Crippen LogP contribution in [0.2, 0.25) is 0 Å². The number of benzene rings is 1. The van der Waals surface area contributed by atoms with Crippen LogP contribution in [0.25, 0.3) is 0 Å². The van der Waals surface area contributed by atoms with Gasteiger partial charge in [-0.2, -0.15) is 0 Å². The van der Waals surface area contributed by atoms with Gasteiger partial charge in [0.2, 0.25) is 5.91 Å². The Kier molecular flexibility index (Phi) is 6.61. The van der Waals surface area contributed by atoms with Gasteiger partial charge in [-0.25, -0.2) is 0 Å². The summed E-state index contributed by atoms with van der Waals surface area (Å²) in [6.45, 7) is 4.85. The van der Waals surface area contributed by atoms with E-state index in [1.807, 2.05) is 38.1 Å². The van der Waals surface area contributed by atoms with Crippen molar-refractivity contribution in [3.05, 3.63) is 24.3 Å². The van der Waals surface area contributed by atoms with E-state index < -0.39 is 0 Å². The molecule has 2 rings (SSSR count). The summed E-state index contributed by atoms with van der Waals surface area (Å²) in [6, 6.07) is 7.37. The van der Waals surface area contributed by atoms with Crippen LogP contribution >= 0.6 is 0 Å². The predicted octanol–water partition coefficient (Wildman–Crippen LogP) is 1.98. The molecule has 1 unspecified atom stereocenters. The molecule has 0 radical (unpaired) electrons. The monoisotopic (exact) mass is 334 g/mol. The second-order valence-electron chi connectivity index (χ2n) is 5.90. The number of carbonyl (C=O) groups is 2. The molecule has 0 aliphatic carbocycles. The lowest BCUT2D eigenvalue weighted by molar-refractivity contribution is -0.130. The number of ether oxygens (including phenoxy) is 2. The smallest absolute Gasteiger partial charge is 0.253 e. The zero-order valence-electron chi connectivity index (χ0n) is 14.6. The maximum Gasteiger partial charge on any atom is 0.253 e. The molecule has 0 aromatic heterocycles. The van der Waals surface area contributed by atoms with Crippen LogP contribution in [0.1, 0.15) is 26.7 Å². The van der Waals surface area contributed by atoms with Crippen molar-refractivity contribution in [2.75, 3.05) is 31.7 Å². The number of hydrogen-bond donors (Lipinski definition) is 1. The Morgan fingerprint density at radius 2 is 2.17 bits per heavy atom. The molecule has 1 N–H and O–H groups in total. The highest BCUT2D eigenvalue weighted by molar-refractivity contribution is 5.95. The van der Waals surface area contributed by atoms with Crippen LogP contribution in [0, 0.1) is 5.92 Å². The standard InChI is InChI=1S/C18H26N2O4/c1-4-13(5-2)18(22)19-10-16-11-20(17(21)12-24-16)14-7-6-8-15(9-14)23-3/h6-9,13,16H,4-5,10-12H2,1-3H3,(H,19,22). The van der Waals surface area contributed by atoms with Crippen LogP contribution in [0.3, 0.4) is 0 Å². The fourth-order valence-electron chi connectivity index (χ4n) is 2.79. The summed E-state index contributed by atoms with van der Waals surface area (Å²) in [5.74, 6) is 0.689. The first-order chi connectivity index (χ1) is 11.6. The zero-order valence-corrected chi connectivity index (χ0v) is 14.6. The Bertz CT molecular complexity index is 572. The SMILES string of the molecule is CCC(CC)C(=O)NCC1CN(c2cccc(OC)c2)C(=O)CO1. The minimum absolute atomic E-state index is 0.0166. The molecular weight excluding hydrogens is 308 g/mol. The molecule has 132 valence electrons. The number of nitrogens with zero attached hydrogens (tertiary/aromatic N) is 1. The highest BCUT2D eigenvalue weighted by Gasteiger charge is 2.28. The molecule has 6 nitrogen and oxygen atoms in total. The number of carbonyl (C=O) groups excluding carboxylic acids is 2. The summed E-state index contributed by atoms with van der Waals surface area (Å²) in [5, 5.41) is 2.94. The summed E-state index contributed by atoms with van der Waals surface area (Å²) < 4.78 is 10.8. The lowest BCUT2D eigenvalue weighted by atomic mass is 10.0. The molecule has 1 heterocycles. The van der Waals surface area contributed by atoms with Crippen LogP contribution < -0.4 is 15.0 Å². The minimum atomic E-state index is -0.216. The first-order valence-electron chi connectivity index (χ1n) is 8.42. The Hall–Kier alpha value is -2.08. The predicted molar refractivity (Wildman–Crippen MR) is 92.2 cm³/mol. The average molecular weight is 334 g/mol. The van der Waals surface area contributed by atoms with Gasteiger partial charge in [0.15, 0.2) is 0 Å². The van der Waals surface area contributed by atoms with Gasteiger partial charge in [-0.15, -0.1) is 0 Å². The van der Waals surface area contributed by atoms with Crippen molar-refractivity contribution >= 4 is 17.5 Å². The fourth-order valence-corrected chi connectivity index (χ4v) is 2.79. The normalized spacial score (nSPS) is 17.9. The van der Waals surface area contributed by atoms with Crippen LogP contribution in [0.5, 0.6) is 5.75 Å². The van der Waals surface area contributed by atoms with Crippen molar-refractivity contribution < 1.29 is 19.1 Å². The fraction of sp³-hybridized carbons (Fsp3) is 0.556. The molecule has 1 aromatic rings. The number of hydrogen-bond acceptors (Lipinski definition) is 4. The van der Waals surface area contributed by atoms with E-state index in [-0.39, 0.29) is 30.4 Å². The van der Waals surface area contributed by atoms with Gasteiger partial charge < -0.3 is 19.7 Å². The highest BCUT2D eigenvalue weighted by atomic mass is 16.5. The molecular formula is C18H26N2O4. The second-order valence-corrected chi connectivity index (χ2v) is 5.90. The third-order valence-corrected chi connectivity index (χ3v) is 4.36. The molecule has 0 saturated carbocycles. The van der Waals surface area contributed by atoms with Gasteiger partial charge in [-0.05, 0) is 25.0 Å². The number of methoxy groups -OCH3 is 1. The number of anilines is 1. The quantitative estimate of drug-likeness (QED) is 0.828. The number of morpholine rings is 1. The van der Waals surface area contributed by atoms with E-state index in [0.717, 1.165) is 18.5 Å². The molecule has 1 aromatic carbocycles. The van der Waals surface area contributed by atoms with Crippen LogP contribution in [0.4, 0.5) is 5.69 Å². The van der Waals surface area contributed by atoms with E-state index in [1.54, 1.807) is 12.0 Å². The maximum atomic E-state index is 12.2. The van der Waals surface area contributed by atoms with Gasteiger partial charge in [0.25, 0.3) is 5.91 Å². The van der Waals surface area contributed by atoms with Crippen molar-refractivity contribution in [3.63, 3.8) is 0 Å². The molecule has 0 bridgehead atoms. The van der Waals surface area contributed by atoms with Crippen molar-refractivity contribution in [1.29, 1.82) is 0 Å². The Morgan fingerprint density at radius 1 is 1.42 bits per heavy atom. The summed E-state index contributed by atoms with van der Waals surface area (Å²) in [7, 11) is 1.59. The van der Waals surface area contributed by atoms with E-state index in [1.165, 1.54) is 0 Å². The molecule has 1 aliphatic heterocycles. The van der Waals surface area contributed by atoms with Gasteiger partial charge in [-0.3, -0.25) is 9.59 Å². The third-order valence-electron chi connectivity index (χ3n) is 4.36. The number of rotatable bonds is 7. The largest absolute Gasteiger partial charge is 0.497 e. The number of nitrogens with one attached hydrogen (secondary N) is 1. The molecule has 1 atom stereocenters. The van der Waals surface area contributed by atoms with Crippen LogP contribution in [0.15, 0.2) is 24.3 Å². The van der Waals surface area contributed by atoms with Gasteiger partial charge >= 0.3 is 0 Å². The molecule has 24 heavy (non-hydrogen) atoms. The first-order valence-corrected chi connectivity index (χ1v) is 8.42. The van der Waals surface area contributed by atoms with Crippen molar-refractivity contribution in [2.45, 2.75) is 32.8 Å². The molecule has 1 aliphatic rings. The Balaban J connectivity index is 1.97. The van der Waals surface area contributed by atoms with Crippen molar-refractivity contribution in [1.82, 2.24) is 5.32 Å². The summed E-state index contributed by atoms with van der Waals surface area (Å²) >= 11 is 0. The van der Waals surface area contributed by atoms with Crippen LogP contribution in [-0.2, 0) is 14.3 Å². The lowest BCUT2D eigenvalue weighted by Gasteiger charge is -2.33. The van der Waals surface area contributed by atoms with Gasteiger partial charge in [0.1, 0.15) is 12.4 Å². The first kappa shape index (κ1) is 18.3. The van der Waals surface area contributed by atoms with Crippen LogP contribution in [-0.4, -0.2) is 44.7 Å². The maximum absolute atomic E-state index is 12.2. The Labute approximate surface area is 143 Å². The number of amides is 2. The van der Waals surface area contributed by atoms with Crippen molar-refractivity contribution in [3.8, 4) is 5.75 Å². The van der Waals surface area contributed by atoms with Gasteiger partial charge in [0.05, 0.1) is 19.8 Å². The molecule has 1 saturated heterocycles. The summed E-state index contributed by atoms with van der Waals surface area (Å²) in [4.78, 5) is 25.9. The third kappa shape index (κ3) is 4.47. The molecule has 0 spiro atoms. The average Bonchev–Trinajstić information content (AvgIpc) is 2.62. The van der Waals surface area contributed by atoms with E-state index in [0.29, 0.717) is 18.8 Å². The van der Waals surface area contributed by atoms with Gasteiger partial charge in [0, 0.05) is 24.2 Å². The lowest BCUT2D eigenvalue weighted by Crippen LogP contribution is -2.51. The summed E-state index contributed by atoms with van der Waals surface area (Å²) in [5.41, 5.74) is 0.777. The molecule has 2 amide bonds. The van der Waals surface area contributed by atoms with E-state index in [4.69, 9.17) is 9.47 Å². The molecule has 6 heteroatoms. The second kappa shape index (κ2) is 8.68. The van der Waals surface area contributed by atoms with Crippen molar-refractivity contribution in [2.24, 2.45) is 5.92 Å². The van der Waals surface area contributed by atoms with E-state index in [2.05, 4.69) is 5.32 Å². The van der Waals surface area contributed by atoms with E-state index in [9.17, 15) is 9.59 Å². The molecule has 1 fully saturated rings. The summed E-state index contributed by atoms with van der Waals surface area (Å²) in [6.07, 6.45) is 1.43. The topological polar surface area (TPSA) is 67.9 Å².